The zero-order valence-electron chi connectivity index (χ0n) is 34.0. The highest BCUT2D eigenvalue weighted by molar-refractivity contribution is 6.09. The van der Waals surface area contributed by atoms with Crippen molar-refractivity contribution in [3.63, 3.8) is 0 Å². The molecule has 0 N–H and O–H groups in total. The van der Waals surface area contributed by atoms with Crippen molar-refractivity contribution in [2.45, 2.75) is 76.2 Å². The Hall–Kier alpha value is -6.11. The molecule has 4 aliphatic rings. The van der Waals surface area contributed by atoms with Crippen LogP contribution in [0.1, 0.15) is 98.7 Å². The van der Waals surface area contributed by atoms with Gasteiger partial charge in [-0.15, -0.1) is 0 Å². The standard InChI is InChI=1S/C55H48N2O/c1-6-54(7-2)49-34-39(56-5)22-26-44(49)50-42-17-11-12-18-43(42)52-45(51(50)54)27-28-55(58-52,37-19-23-40(24-20-37)57-29-13-8-14-30-57)38-21-25-41-46-31-35-15-9-10-16-36(35)32-47(46)53(3,4)48(41)33-38/h9-12,15-28,31-34H,6-8,13-14,29-30H2,1-4H3. The summed E-state index contributed by atoms with van der Waals surface area (Å²) in [6.07, 6.45) is 10.4. The van der Waals surface area contributed by atoms with Crippen LogP contribution in [0.3, 0.4) is 0 Å². The number of fused-ring (bicyclic) bond motifs is 12. The van der Waals surface area contributed by atoms with Crippen molar-refractivity contribution < 1.29 is 4.74 Å². The van der Waals surface area contributed by atoms with Crippen molar-refractivity contribution in [1.82, 2.24) is 0 Å². The first-order valence-electron chi connectivity index (χ1n) is 21.4. The minimum absolute atomic E-state index is 0.189. The number of nitrogens with zero attached hydrogens (tertiary/aromatic N) is 2. The summed E-state index contributed by atoms with van der Waals surface area (Å²) in [6, 6.07) is 45.1. The fourth-order valence-electron chi connectivity index (χ4n) is 11.4. The van der Waals surface area contributed by atoms with Crippen LogP contribution in [0.5, 0.6) is 5.75 Å². The second-order valence-corrected chi connectivity index (χ2v) is 17.6. The molecule has 1 fully saturated rings. The minimum Gasteiger partial charge on any atom is -0.472 e. The molecular weight excluding hydrogens is 705 g/mol. The summed E-state index contributed by atoms with van der Waals surface area (Å²) < 4.78 is 7.86. The maximum atomic E-state index is 7.91. The number of hydrogen-bond acceptors (Lipinski definition) is 2. The summed E-state index contributed by atoms with van der Waals surface area (Å²) in [5.74, 6) is 0.940. The molecule has 1 unspecified atom stereocenters. The van der Waals surface area contributed by atoms with Gasteiger partial charge in [0.1, 0.15) is 5.75 Å². The molecule has 0 amide bonds. The quantitative estimate of drug-likeness (QED) is 0.163. The van der Waals surface area contributed by atoms with Crippen molar-refractivity contribution >= 4 is 39.0 Å². The summed E-state index contributed by atoms with van der Waals surface area (Å²) in [5, 5.41) is 4.89. The lowest BCUT2D eigenvalue weighted by molar-refractivity contribution is 0.163. The highest BCUT2D eigenvalue weighted by Gasteiger charge is 2.47. The van der Waals surface area contributed by atoms with E-state index in [2.05, 4.69) is 165 Å². The van der Waals surface area contributed by atoms with Crippen LogP contribution in [0.4, 0.5) is 11.4 Å². The molecule has 1 atom stereocenters. The lowest BCUT2D eigenvalue weighted by atomic mass is 9.71. The molecule has 0 saturated carbocycles. The second-order valence-electron chi connectivity index (χ2n) is 17.6. The van der Waals surface area contributed by atoms with Crippen LogP contribution in [0.2, 0.25) is 0 Å². The van der Waals surface area contributed by atoms with Crippen molar-refractivity contribution in [1.29, 1.82) is 0 Å². The zero-order chi connectivity index (χ0) is 39.4. The van der Waals surface area contributed by atoms with Gasteiger partial charge in [-0.3, -0.25) is 0 Å². The molecule has 1 saturated heterocycles. The third-order valence-corrected chi connectivity index (χ3v) is 14.5. The van der Waals surface area contributed by atoms with E-state index in [-0.39, 0.29) is 10.8 Å². The van der Waals surface area contributed by atoms with E-state index in [9.17, 15) is 0 Å². The van der Waals surface area contributed by atoms with Gasteiger partial charge in [-0.25, -0.2) is 4.85 Å². The second kappa shape index (κ2) is 12.7. The lowest BCUT2D eigenvalue weighted by Crippen LogP contribution is -2.36. The molecular formula is C55H48N2O. The number of ether oxygens (including phenoxy) is 1. The van der Waals surface area contributed by atoms with Gasteiger partial charge in [-0.2, -0.15) is 0 Å². The molecule has 11 rings (SSSR count). The van der Waals surface area contributed by atoms with Crippen molar-refractivity contribution in [3.05, 3.63) is 178 Å². The highest BCUT2D eigenvalue weighted by atomic mass is 16.5. The van der Waals surface area contributed by atoms with Gasteiger partial charge in [0, 0.05) is 51.7 Å². The van der Waals surface area contributed by atoms with Gasteiger partial charge in [0.15, 0.2) is 11.3 Å². The van der Waals surface area contributed by atoms with Crippen molar-refractivity contribution in [2.75, 3.05) is 18.0 Å². The Morgan fingerprint density at radius 2 is 1.33 bits per heavy atom. The molecule has 2 heterocycles. The molecule has 0 bridgehead atoms. The van der Waals surface area contributed by atoms with E-state index in [1.165, 1.54) is 91.2 Å². The topological polar surface area (TPSA) is 16.8 Å². The zero-order valence-corrected chi connectivity index (χ0v) is 34.0. The molecule has 3 heteroatoms. The van der Waals surface area contributed by atoms with E-state index in [0.717, 1.165) is 48.2 Å². The van der Waals surface area contributed by atoms with Crippen LogP contribution >= 0.6 is 0 Å². The van der Waals surface area contributed by atoms with Gasteiger partial charge in [0.25, 0.3) is 0 Å². The molecule has 0 spiro atoms. The Morgan fingerprint density at radius 1 is 0.655 bits per heavy atom. The van der Waals surface area contributed by atoms with Gasteiger partial charge in [-0.05, 0) is 129 Å². The lowest BCUT2D eigenvalue weighted by Gasteiger charge is -2.40. The summed E-state index contributed by atoms with van der Waals surface area (Å²) in [6.45, 7) is 19.5. The highest BCUT2D eigenvalue weighted by Crippen LogP contribution is 2.61. The Labute approximate surface area is 342 Å². The fourth-order valence-corrected chi connectivity index (χ4v) is 11.4. The molecule has 0 radical (unpaired) electrons. The molecule has 7 aromatic rings. The molecule has 0 aromatic heterocycles. The third kappa shape index (κ3) is 4.72. The molecule has 7 aromatic carbocycles. The first-order valence-corrected chi connectivity index (χ1v) is 21.4. The molecule has 2 aliphatic heterocycles. The number of rotatable bonds is 5. The first kappa shape index (κ1) is 35.1. The predicted molar refractivity (Wildman–Crippen MR) is 241 cm³/mol. The van der Waals surface area contributed by atoms with E-state index in [1.807, 2.05) is 6.07 Å². The Balaban J connectivity index is 1.15. The number of hydrogen-bond donors (Lipinski definition) is 0. The molecule has 58 heavy (non-hydrogen) atoms. The predicted octanol–water partition coefficient (Wildman–Crippen LogP) is 14.3. The summed E-state index contributed by atoms with van der Waals surface area (Å²) in [7, 11) is 0. The van der Waals surface area contributed by atoms with Crippen LogP contribution in [0, 0.1) is 6.57 Å². The van der Waals surface area contributed by atoms with Gasteiger partial charge in [0.2, 0.25) is 0 Å². The maximum absolute atomic E-state index is 7.91. The van der Waals surface area contributed by atoms with Gasteiger partial charge >= 0.3 is 0 Å². The largest absolute Gasteiger partial charge is 0.472 e. The normalized spacial score (nSPS) is 19.2. The van der Waals surface area contributed by atoms with E-state index in [4.69, 9.17) is 11.3 Å². The Morgan fingerprint density at radius 3 is 2.07 bits per heavy atom. The number of benzene rings is 7. The van der Waals surface area contributed by atoms with Crippen LogP contribution in [-0.2, 0) is 16.4 Å². The van der Waals surface area contributed by atoms with Crippen LogP contribution in [-0.4, -0.2) is 13.1 Å². The molecule has 2 aliphatic carbocycles. The minimum atomic E-state index is -0.876. The summed E-state index contributed by atoms with van der Waals surface area (Å²) >= 11 is 0. The van der Waals surface area contributed by atoms with Gasteiger partial charge in [-0.1, -0.05) is 125 Å². The monoisotopic (exact) mass is 752 g/mol. The van der Waals surface area contributed by atoms with Crippen molar-refractivity contribution in [2.24, 2.45) is 0 Å². The van der Waals surface area contributed by atoms with E-state index in [1.54, 1.807) is 0 Å². The average molecular weight is 753 g/mol. The SMILES string of the molecule is [C-]#[N+]c1ccc2c(c1)C(CC)(CC)c1c3c(c4ccccc4c1-2)OC(c1ccc(N2CCCCC2)cc1)(c1ccc2c(c1)C(C)(C)c1cc4ccccc4cc1-2)C=C3. The maximum Gasteiger partial charge on any atom is 0.187 e. The third-order valence-electron chi connectivity index (χ3n) is 14.5. The van der Waals surface area contributed by atoms with Gasteiger partial charge in [0.05, 0.1) is 6.57 Å². The molecule has 284 valence electrons. The summed E-state index contributed by atoms with van der Waals surface area (Å²) in [4.78, 5) is 6.42. The molecule has 3 nitrogen and oxygen atoms in total. The van der Waals surface area contributed by atoms with Gasteiger partial charge < -0.3 is 9.64 Å². The van der Waals surface area contributed by atoms with Crippen molar-refractivity contribution in [3.8, 4) is 28.0 Å². The number of piperidine rings is 1. The van der Waals surface area contributed by atoms with Crippen LogP contribution < -0.4 is 9.64 Å². The first-order chi connectivity index (χ1) is 28.3. The van der Waals surface area contributed by atoms with Crippen LogP contribution in [0.15, 0.2) is 127 Å². The smallest absolute Gasteiger partial charge is 0.187 e. The van der Waals surface area contributed by atoms with E-state index < -0.39 is 5.60 Å². The Bertz CT molecular complexity index is 2920. The number of anilines is 1. The Kier molecular flexibility index (Phi) is 7.68. The average Bonchev–Trinajstić information content (AvgIpc) is 3.70. The van der Waals surface area contributed by atoms with Crippen LogP contribution in [0.25, 0.3) is 54.7 Å². The van der Waals surface area contributed by atoms with E-state index >= 15 is 0 Å². The summed E-state index contributed by atoms with van der Waals surface area (Å²) in [5.41, 5.74) is 14.6. The fraction of sp³-hybridized carbons (Fsp3) is 0.255. The van der Waals surface area contributed by atoms with E-state index in [0.29, 0.717) is 5.69 Å².